The van der Waals surface area contributed by atoms with Gasteiger partial charge in [0, 0.05) is 25.0 Å². The summed E-state index contributed by atoms with van der Waals surface area (Å²) in [6.07, 6.45) is 3.19. The van der Waals surface area contributed by atoms with E-state index in [-0.39, 0.29) is 36.0 Å². The second kappa shape index (κ2) is 9.14. The molecule has 2 aliphatic heterocycles. The summed E-state index contributed by atoms with van der Waals surface area (Å²) < 4.78 is 0. The van der Waals surface area contributed by atoms with Crippen molar-refractivity contribution in [3.8, 4) is 0 Å². The Hall–Kier alpha value is -1.92. The van der Waals surface area contributed by atoms with Crippen molar-refractivity contribution in [1.82, 2.24) is 15.5 Å². The molecule has 6 nitrogen and oxygen atoms in total. The van der Waals surface area contributed by atoms with E-state index in [9.17, 15) is 14.4 Å². The van der Waals surface area contributed by atoms with Crippen LogP contribution in [0.4, 0.5) is 0 Å². The lowest BCUT2D eigenvalue weighted by atomic mass is 9.92. The van der Waals surface area contributed by atoms with E-state index in [2.05, 4.69) is 17.6 Å². The molecule has 1 aromatic rings. The third kappa shape index (κ3) is 4.43. The van der Waals surface area contributed by atoms with Crippen molar-refractivity contribution < 1.29 is 14.4 Å². The maximum absolute atomic E-state index is 12.2. The van der Waals surface area contributed by atoms with Crippen LogP contribution in [0, 0.1) is 5.92 Å². The monoisotopic (exact) mass is 379 g/mol. The molecule has 2 heterocycles. The SMILES string of the molecule is C[C@H]1C[C@@H](C(=O)NCCCCN2C(=O)c3ccccc3C2=O)CCN1.Cl. The van der Waals surface area contributed by atoms with Crippen molar-refractivity contribution in [2.75, 3.05) is 19.6 Å². The fourth-order valence-electron chi connectivity index (χ4n) is 3.56. The Labute approximate surface area is 160 Å². The Morgan fingerprint density at radius 2 is 1.85 bits per heavy atom. The molecule has 1 aromatic carbocycles. The fourth-order valence-corrected chi connectivity index (χ4v) is 3.56. The largest absolute Gasteiger partial charge is 0.356 e. The van der Waals surface area contributed by atoms with Crippen LogP contribution >= 0.6 is 12.4 Å². The minimum atomic E-state index is -0.215. The molecule has 142 valence electrons. The molecule has 3 rings (SSSR count). The standard InChI is InChI=1S/C19H25N3O3.ClH/c1-13-12-14(8-10-20-13)17(23)21-9-4-5-11-22-18(24)15-6-2-3-7-16(15)19(22)25;/h2-3,6-7,13-14,20H,4-5,8-12H2,1H3,(H,21,23);1H/t13-,14-;/m0./s1. The third-order valence-electron chi connectivity index (χ3n) is 4.98. The second-order valence-electron chi connectivity index (χ2n) is 6.88. The summed E-state index contributed by atoms with van der Waals surface area (Å²) in [4.78, 5) is 38.0. The molecule has 3 amide bonds. The normalized spacial score (nSPS) is 22.0. The van der Waals surface area contributed by atoms with Crippen LogP contribution in [-0.2, 0) is 4.79 Å². The Kier molecular flexibility index (Phi) is 7.17. The quantitative estimate of drug-likeness (QED) is 0.585. The lowest BCUT2D eigenvalue weighted by molar-refractivity contribution is -0.126. The molecule has 1 saturated heterocycles. The zero-order chi connectivity index (χ0) is 17.8. The summed E-state index contributed by atoms with van der Waals surface area (Å²) in [5, 5.41) is 6.32. The van der Waals surface area contributed by atoms with Crippen LogP contribution in [0.2, 0.25) is 0 Å². The molecule has 0 aromatic heterocycles. The van der Waals surface area contributed by atoms with Crippen LogP contribution in [0.1, 0.15) is 53.3 Å². The minimum absolute atomic E-state index is 0. The number of nitrogens with zero attached hydrogens (tertiary/aromatic N) is 1. The number of carbonyl (C=O) groups is 3. The number of unbranched alkanes of at least 4 members (excludes halogenated alkanes) is 1. The number of hydrogen-bond donors (Lipinski definition) is 2. The number of nitrogens with one attached hydrogen (secondary N) is 2. The van der Waals surface area contributed by atoms with Crippen LogP contribution in [0.25, 0.3) is 0 Å². The van der Waals surface area contributed by atoms with Gasteiger partial charge in [-0.3, -0.25) is 19.3 Å². The first-order chi connectivity index (χ1) is 12.1. The number of halogens is 1. The molecule has 7 heteroatoms. The Morgan fingerprint density at radius 1 is 1.19 bits per heavy atom. The molecule has 0 aliphatic carbocycles. The minimum Gasteiger partial charge on any atom is -0.356 e. The highest BCUT2D eigenvalue weighted by Gasteiger charge is 2.34. The highest BCUT2D eigenvalue weighted by Crippen LogP contribution is 2.22. The Bertz CT molecular complexity index is 645. The van der Waals surface area contributed by atoms with Gasteiger partial charge < -0.3 is 10.6 Å². The van der Waals surface area contributed by atoms with E-state index < -0.39 is 0 Å². The number of amides is 3. The van der Waals surface area contributed by atoms with Gasteiger partial charge in [-0.2, -0.15) is 0 Å². The first-order valence-corrected chi connectivity index (χ1v) is 9.04. The van der Waals surface area contributed by atoms with Gasteiger partial charge in [-0.15, -0.1) is 12.4 Å². The summed E-state index contributed by atoms with van der Waals surface area (Å²) in [5.41, 5.74) is 0.974. The zero-order valence-corrected chi connectivity index (χ0v) is 15.8. The number of piperidine rings is 1. The molecule has 2 atom stereocenters. The van der Waals surface area contributed by atoms with Gasteiger partial charge in [0.1, 0.15) is 0 Å². The molecule has 0 saturated carbocycles. The lowest BCUT2D eigenvalue weighted by Gasteiger charge is -2.27. The van der Waals surface area contributed by atoms with E-state index in [4.69, 9.17) is 0 Å². The summed E-state index contributed by atoms with van der Waals surface area (Å²) in [5.74, 6) is -0.219. The fraction of sp³-hybridized carbons (Fsp3) is 0.526. The number of imide groups is 1. The van der Waals surface area contributed by atoms with Gasteiger partial charge >= 0.3 is 0 Å². The summed E-state index contributed by atoms with van der Waals surface area (Å²) in [7, 11) is 0. The topological polar surface area (TPSA) is 78.5 Å². The first kappa shape index (κ1) is 20.4. The van der Waals surface area contributed by atoms with E-state index in [1.807, 2.05) is 0 Å². The Balaban J connectivity index is 0.00000243. The van der Waals surface area contributed by atoms with Crippen LogP contribution in [-0.4, -0.2) is 48.3 Å². The lowest BCUT2D eigenvalue weighted by Crippen LogP contribution is -2.42. The van der Waals surface area contributed by atoms with Gasteiger partial charge in [0.2, 0.25) is 5.91 Å². The highest BCUT2D eigenvalue weighted by atomic mass is 35.5. The van der Waals surface area contributed by atoms with Gasteiger partial charge in [-0.25, -0.2) is 0 Å². The molecule has 0 spiro atoms. The van der Waals surface area contributed by atoms with Crippen molar-refractivity contribution in [2.24, 2.45) is 5.92 Å². The average molecular weight is 380 g/mol. The van der Waals surface area contributed by atoms with Crippen LogP contribution in [0.3, 0.4) is 0 Å². The van der Waals surface area contributed by atoms with Crippen molar-refractivity contribution in [1.29, 1.82) is 0 Å². The number of hydrogen-bond acceptors (Lipinski definition) is 4. The van der Waals surface area contributed by atoms with Crippen molar-refractivity contribution in [3.63, 3.8) is 0 Å². The zero-order valence-electron chi connectivity index (χ0n) is 15.0. The first-order valence-electron chi connectivity index (χ1n) is 9.04. The second-order valence-corrected chi connectivity index (χ2v) is 6.88. The molecular formula is C19H26ClN3O3. The number of fused-ring (bicyclic) bond motifs is 1. The molecule has 2 aliphatic rings. The molecule has 2 N–H and O–H groups in total. The molecule has 26 heavy (non-hydrogen) atoms. The number of rotatable bonds is 6. The summed E-state index contributed by atoms with van der Waals surface area (Å²) in [6.45, 7) is 3.97. The molecular weight excluding hydrogens is 354 g/mol. The maximum Gasteiger partial charge on any atom is 0.261 e. The summed E-state index contributed by atoms with van der Waals surface area (Å²) >= 11 is 0. The van der Waals surface area contributed by atoms with E-state index in [0.717, 1.165) is 25.8 Å². The van der Waals surface area contributed by atoms with Crippen molar-refractivity contribution in [2.45, 2.75) is 38.6 Å². The van der Waals surface area contributed by atoms with Crippen LogP contribution < -0.4 is 10.6 Å². The van der Waals surface area contributed by atoms with Gasteiger partial charge in [0.15, 0.2) is 0 Å². The number of benzene rings is 1. The molecule has 0 radical (unpaired) electrons. The highest BCUT2D eigenvalue weighted by molar-refractivity contribution is 6.21. The van der Waals surface area contributed by atoms with Crippen LogP contribution in [0.15, 0.2) is 24.3 Å². The predicted octanol–water partition coefficient (Wildman–Crippen LogP) is 1.99. The van der Waals surface area contributed by atoms with Gasteiger partial charge in [0.25, 0.3) is 11.8 Å². The van der Waals surface area contributed by atoms with Gasteiger partial charge in [-0.05, 0) is 51.3 Å². The van der Waals surface area contributed by atoms with E-state index in [1.54, 1.807) is 24.3 Å². The average Bonchev–Trinajstić information content (AvgIpc) is 2.86. The van der Waals surface area contributed by atoms with Gasteiger partial charge in [0.05, 0.1) is 11.1 Å². The van der Waals surface area contributed by atoms with Gasteiger partial charge in [-0.1, -0.05) is 12.1 Å². The predicted molar refractivity (Wildman–Crippen MR) is 101 cm³/mol. The number of carbonyl (C=O) groups excluding carboxylic acids is 3. The van der Waals surface area contributed by atoms with Crippen molar-refractivity contribution in [3.05, 3.63) is 35.4 Å². The third-order valence-corrected chi connectivity index (χ3v) is 4.98. The van der Waals surface area contributed by atoms with E-state index in [1.165, 1.54) is 4.90 Å². The van der Waals surface area contributed by atoms with E-state index in [0.29, 0.717) is 36.7 Å². The van der Waals surface area contributed by atoms with Crippen molar-refractivity contribution >= 4 is 30.1 Å². The summed E-state index contributed by atoms with van der Waals surface area (Å²) in [6, 6.07) is 7.30. The molecule has 0 unspecified atom stereocenters. The van der Waals surface area contributed by atoms with Crippen LogP contribution in [0.5, 0.6) is 0 Å². The smallest absolute Gasteiger partial charge is 0.261 e. The molecule has 1 fully saturated rings. The Morgan fingerprint density at radius 3 is 2.46 bits per heavy atom. The maximum atomic E-state index is 12.2. The molecule has 0 bridgehead atoms. The van der Waals surface area contributed by atoms with E-state index >= 15 is 0 Å².